The first kappa shape index (κ1) is 16.5. The molecule has 0 aromatic heterocycles. The van der Waals surface area contributed by atoms with Gasteiger partial charge in [0, 0.05) is 26.4 Å². The Kier molecular flexibility index (Phi) is 5.72. The van der Waals surface area contributed by atoms with Crippen LogP contribution in [-0.2, 0) is 14.4 Å². The maximum absolute atomic E-state index is 11.6. The molecule has 0 aromatic carbocycles. The minimum atomic E-state index is -1.20. The summed E-state index contributed by atoms with van der Waals surface area (Å²) in [6.07, 6.45) is 5.19. The van der Waals surface area contributed by atoms with Gasteiger partial charge in [-0.15, -0.1) is 12.3 Å². The van der Waals surface area contributed by atoms with Crippen molar-refractivity contribution in [3.8, 4) is 12.3 Å². The van der Waals surface area contributed by atoms with Crippen molar-refractivity contribution < 1.29 is 24.3 Å². The Labute approximate surface area is 122 Å². The Morgan fingerprint density at radius 3 is 2.62 bits per heavy atom. The van der Waals surface area contributed by atoms with E-state index in [0.29, 0.717) is 0 Å². The van der Waals surface area contributed by atoms with Crippen molar-refractivity contribution >= 4 is 23.8 Å². The average Bonchev–Trinajstić information content (AvgIpc) is 2.64. The summed E-state index contributed by atoms with van der Waals surface area (Å²) >= 11 is 0. The first-order valence-electron chi connectivity index (χ1n) is 6.38. The zero-order valence-corrected chi connectivity index (χ0v) is 11.7. The van der Waals surface area contributed by atoms with E-state index >= 15 is 0 Å². The van der Waals surface area contributed by atoms with Crippen molar-refractivity contribution in [1.82, 2.24) is 15.1 Å². The minimum Gasteiger partial charge on any atom is -0.480 e. The predicted octanol–water partition coefficient (Wildman–Crippen LogP) is -0.747. The number of nitrogens with zero attached hydrogens (tertiary/aromatic N) is 2. The maximum atomic E-state index is 11.6. The van der Waals surface area contributed by atoms with Crippen LogP contribution in [0.5, 0.6) is 0 Å². The third kappa shape index (κ3) is 4.49. The fourth-order valence-corrected chi connectivity index (χ4v) is 1.87. The van der Waals surface area contributed by atoms with Crippen LogP contribution in [0.15, 0.2) is 0 Å². The van der Waals surface area contributed by atoms with E-state index in [0.717, 1.165) is 4.90 Å². The quantitative estimate of drug-likeness (QED) is 0.475. The van der Waals surface area contributed by atoms with Gasteiger partial charge in [0.1, 0.15) is 12.6 Å². The molecular formula is C13H17N3O5. The van der Waals surface area contributed by atoms with E-state index in [4.69, 9.17) is 11.5 Å². The molecule has 0 radical (unpaired) electrons. The Morgan fingerprint density at radius 2 is 2.14 bits per heavy atom. The molecule has 2 N–H and O–H groups in total. The summed E-state index contributed by atoms with van der Waals surface area (Å²) in [5.41, 5.74) is 0. The lowest BCUT2D eigenvalue weighted by Gasteiger charge is -2.15. The molecule has 0 spiro atoms. The molecule has 0 bridgehead atoms. The number of likely N-dealkylation sites (N-methyl/N-ethyl adjacent to an activating group) is 1. The van der Waals surface area contributed by atoms with E-state index in [2.05, 4.69) is 11.2 Å². The van der Waals surface area contributed by atoms with Gasteiger partial charge in [-0.3, -0.25) is 14.5 Å². The molecule has 21 heavy (non-hydrogen) atoms. The first-order valence-corrected chi connectivity index (χ1v) is 6.38. The van der Waals surface area contributed by atoms with Crippen LogP contribution in [0.1, 0.15) is 19.3 Å². The summed E-state index contributed by atoms with van der Waals surface area (Å²) in [5.74, 6) is 0.184. The number of urea groups is 1. The molecule has 0 aliphatic carbocycles. The molecule has 1 unspecified atom stereocenters. The Bertz CT molecular complexity index is 497. The highest BCUT2D eigenvalue weighted by Gasteiger charge is 2.32. The topological polar surface area (TPSA) is 107 Å². The maximum Gasteiger partial charge on any atom is 0.327 e. The SMILES string of the molecule is C#CCC(NC(=O)CCCN1C(=O)CN(C)C1=O)C(=O)O. The van der Waals surface area contributed by atoms with E-state index in [1.165, 1.54) is 11.9 Å². The highest BCUT2D eigenvalue weighted by Crippen LogP contribution is 2.09. The molecule has 8 nitrogen and oxygen atoms in total. The number of nitrogens with one attached hydrogen (secondary N) is 1. The molecule has 1 saturated heterocycles. The summed E-state index contributed by atoms with van der Waals surface area (Å²) in [7, 11) is 1.52. The molecule has 1 fully saturated rings. The van der Waals surface area contributed by atoms with Gasteiger partial charge in [-0.05, 0) is 6.42 Å². The van der Waals surface area contributed by atoms with E-state index in [-0.39, 0.29) is 38.3 Å². The van der Waals surface area contributed by atoms with Crippen LogP contribution in [0.4, 0.5) is 4.79 Å². The van der Waals surface area contributed by atoms with Crippen LogP contribution >= 0.6 is 0 Å². The molecule has 0 saturated carbocycles. The number of carboxylic acid groups (broad SMARTS) is 1. The van der Waals surface area contributed by atoms with Gasteiger partial charge >= 0.3 is 12.0 Å². The molecule has 1 aliphatic heterocycles. The number of carboxylic acids is 1. The van der Waals surface area contributed by atoms with Crippen molar-refractivity contribution in [2.45, 2.75) is 25.3 Å². The molecule has 1 aliphatic rings. The third-order valence-electron chi connectivity index (χ3n) is 2.97. The van der Waals surface area contributed by atoms with E-state index < -0.39 is 23.9 Å². The number of carbonyl (C=O) groups is 4. The number of rotatable bonds is 7. The molecule has 1 rings (SSSR count). The second kappa shape index (κ2) is 7.28. The molecular weight excluding hydrogens is 278 g/mol. The lowest BCUT2D eigenvalue weighted by molar-refractivity contribution is -0.141. The van der Waals surface area contributed by atoms with E-state index in [1.807, 2.05) is 0 Å². The fraction of sp³-hybridized carbons (Fsp3) is 0.538. The molecule has 0 aromatic rings. The fourth-order valence-electron chi connectivity index (χ4n) is 1.87. The molecule has 1 atom stereocenters. The normalized spacial score (nSPS) is 15.8. The number of amides is 4. The van der Waals surface area contributed by atoms with Crippen molar-refractivity contribution in [1.29, 1.82) is 0 Å². The Hall–Kier alpha value is -2.56. The Balaban J connectivity index is 2.37. The lowest BCUT2D eigenvalue weighted by Crippen LogP contribution is -2.41. The summed E-state index contributed by atoms with van der Waals surface area (Å²) in [6, 6.07) is -1.51. The van der Waals surface area contributed by atoms with Gasteiger partial charge in [-0.1, -0.05) is 0 Å². The average molecular weight is 295 g/mol. The van der Waals surface area contributed by atoms with Crippen LogP contribution in [0.2, 0.25) is 0 Å². The van der Waals surface area contributed by atoms with Crippen LogP contribution in [0.3, 0.4) is 0 Å². The number of aliphatic carboxylic acids is 1. The summed E-state index contributed by atoms with van der Waals surface area (Å²) in [4.78, 5) is 47.8. The van der Waals surface area contributed by atoms with Gasteiger partial charge in [-0.2, -0.15) is 0 Å². The second-order valence-corrected chi connectivity index (χ2v) is 4.65. The zero-order chi connectivity index (χ0) is 16.0. The minimum absolute atomic E-state index is 0.00905. The number of terminal acetylenes is 1. The highest BCUT2D eigenvalue weighted by atomic mass is 16.4. The zero-order valence-electron chi connectivity index (χ0n) is 11.7. The summed E-state index contributed by atoms with van der Waals surface area (Å²) in [5, 5.41) is 11.1. The number of imide groups is 1. The molecule has 114 valence electrons. The molecule has 8 heteroatoms. The number of carbonyl (C=O) groups excluding carboxylic acids is 3. The summed E-state index contributed by atoms with van der Waals surface area (Å²) in [6.45, 7) is 0.163. The lowest BCUT2D eigenvalue weighted by atomic mass is 10.2. The van der Waals surface area contributed by atoms with E-state index in [9.17, 15) is 19.2 Å². The van der Waals surface area contributed by atoms with Crippen molar-refractivity contribution in [2.75, 3.05) is 20.1 Å². The monoisotopic (exact) mass is 295 g/mol. The number of hydrogen-bond donors (Lipinski definition) is 2. The van der Waals surface area contributed by atoms with E-state index in [1.54, 1.807) is 0 Å². The van der Waals surface area contributed by atoms with Crippen LogP contribution in [-0.4, -0.2) is 64.9 Å². The van der Waals surface area contributed by atoms with Crippen LogP contribution in [0, 0.1) is 12.3 Å². The standard InChI is InChI=1S/C13H17N3O5/c1-3-5-9(12(19)20)14-10(17)6-4-7-16-11(18)8-15(2)13(16)21/h1,9H,4-8H2,2H3,(H,14,17)(H,19,20). The van der Waals surface area contributed by atoms with Crippen LogP contribution in [0.25, 0.3) is 0 Å². The Morgan fingerprint density at radius 1 is 1.48 bits per heavy atom. The van der Waals surface area contributed by atoms with Crippen molar-refractivity contribution in [2.24, 2.45) is 0 Å². The second-order valence-electron chi connectivity index (χ2n) is 4.65. The number of hydrogen-bond acceptors (Lipinski definition) is 4. The third-order valence-corrected chi connectivity index (χ3v) is 2.97. The van der Waals surface area contributed by atoms with Crippen molar-refractivity contribution in [3.05, 3.63) is 0 Å². The van der Waals surface area contributed by atoms with Gasteiger partial charge in [0.2, 0.25) is 11.8 Å². The van der Waals surface area contributed by atoms with Crippen LogP contribution < -0.4 is 5.32 Å². The van der Waals surface area contributed by atoms with Gasteiger partial charge < -0.3 is 15.3 Å². The van der Waals surface area contributed by atoms with Gasteiger partial charge in [-0.25, -0.2) is 9.59 Å². The van der Waals surface area contributed by atoms with Gasteiger partial charge in [0.05, 0.1) is 0 Å². The first-order chi connectivity index (χ1) is 9.86. The van der Waals surface area contributed by atoms with Gasteiger partial charge in [0.15, 0.2) is 0 Å². The molecule has 1 heterocycles. The smallest absolute Gasteiger partial charge is 0.327 e. The largest absolute Gasteiger partial charge is 0.480 e. The highest BCUT2D eigenvalue weighted by molar-refractivity contribution is 6.01. The predicted molar refractivity (Wildman–Crippen MR) is 72.0 cm³/mol. The van der Waals surface area contributed by atoms with Crippen molar-refractivity contribution in [3.63, 3.8) is 0 Å². The van der Waals surface area contributed by atoms with Gasteiger partial charge in [0.25, 0.3) is 0 Å². The molecule has 4 amide bonds. The summed E-state index contributed by atoms with van der Waals surface area (Å²) < 4.78 is 0.